The summed E-state index contributed by atoms with van der Waals surface area (Å²) in [5, 5.41) is 11.6. The van der Waals surface area contributed by atoms with E-state index in [4.69, 9.17) is 14.5 Å². The third-order valence-corrected chi connectivity index (χ3v) is 6.90. The first-order valence-electron chi connectivity index (χ1n) is 9.39. The lowest BCUT2D eigenvalue weighted by molar-refractivity contribution is -0.384. The highest BCUT2D eigenvalue weighted by Gasteiger charge is 2.23. The largest absolute Gasteiger partial charge is 0.493 e. The van der Waals surface area contributed by atoms with Crippen LogP contribution in [0, 0.1) is 10.1 Å². The number of thioether (sulfide) groups is 2. The van der Waals surface area contributed by atoms with Crippen molar-refractivity contribution in [3.63, 3.8) is 0 Å². The molecule has 2 aromatic carbocycles. The van der Waals surface area contributed by atoms with Gasteiger partial charge in [0.05, 0.1) is 35.4 Å². The number of aryl methyl sites for hydroxylation is 1. The molecule has 4 rings (SSSR count). The fourth-order valence-corrected chi connectivity index (χ4v) is 5.28. The number of rotatable bonds is 7. The third kappa shape index (κ3) is 4.26. The molecule has 0 saturated carbocycles. The Bertz CT molecular complexity index is 1210. The number of nitro groups is 1. The van der Waals surface area contributed by atoms with E-state index in [1.165, 1.54) is 35.7 Å². The summed E-state index contributed by atoms with van der Waals surface area (Å²) in [6.45, 7) is 0. The maximum Gasteiger partial charge on any atom is 0.272 e. The van der Waals surface area contributed by atoms with Crippen LogP contribution in [0.25, 0.3) is 5.69 Å². The van der Waals surface area contributed by atoms with Gasteiger partial charge in [-0.25, -0.2) is 4.98 Å². The number of aromatic nitrogens is 2. The van der Waals surface area contributed by atoms with E-state index in [9.17, 15) is 14.9 Å². The summed E-state index contributed by atoms with van der Waals surface area (Å²) in [6.07, 6.45) is 0.742. The summed E-state index contributed by atoms with van der Waals surface area (Å²) >= 11 is 2.88. The van der Waals surface area contributed by atoms with Crippen molar-refractivity contribution < 1.29 is 14.4 Å². The Balaban J connectivity index is 1.76. The summed E-state index contributed by atoms with van der Waals surface area (Å²) in [4.78, 5) is 29.4. The number of fused-ring (bicyclic) bond motifs is 1. The van der Waals surface area contributed by atoms with Gasteiger partial charge < -0.3 is 9.47 Å². The Morgan fingerprint density at radius 1 is 1.19 bits per heavy atom. The molecule has 0 unspecified atom stereocenters. The van der Waals surface area contributed by atoms with E-state index in [0.717, 1.165) is 23.4 Å². The van der Waals surface area contributed by atoms with Crippen molar-refractivity contribution in [3.05, 3.63) is 74.2 Å². The number of benzene rings is 2. The van der Waals surface area contributed by atoms with Gasteiger partial charge in [0.2, 0.25) is 0 Å². The van der Waals surface area contributed by atoms with Crippen LogP contribution in [0.5, 0.6) is 11.5 Å². The molecule has 0 bridgehead atoms. The molecule has 0 spiro atoms. The van der Waals surface area contributed by atoms with Gasteiger partial charge in [-0.15, -0.1) is 11.8 Å². The van der Waals surface area contributed by atoms with Crippen molar-refractivity contribution in [1.82, 2.24) is 9.55 Å². The molecule has 0 saturated heterocycles. The molecule has 2 heterocycles. The summed E-state index contributed by atoms with van der Waals surface area (Å²) in [5.41, 5.74) is 2.11. The van der Waals surface area contributed by atoms with Gasteiger partial charge in [-0.1, -0.05) is 23.9 Å². The van der Waals surface area contributed by atoms with Crippen LogP contribution in [-0.2, 0) is 12.2 Å². The monoisotopic (exact) mass is 457 g/mol. The van der Waals surface area contributed by atoms with Gasteiger partial charge in [-0.2, -0.15) is 0 Å². The van der Waals surface area contributed by atoms with Crippen LogP contribution in [0.1, 0.15) is 11.3 Å². The van der Waals surface area contributed by atoms with Crippen molar-refractivity contribution in [2.45, 2.75) is 22.2 Å². The molecule has 160 valence electrons. The van der Waals surface area contributed by atoms with Crippen LogP contribution < -0.4 is 15.0 Å². The van der Waals surface area contributed by atoms with E-state index < -0.39 is 4.92 Å². The van der Waals surface area contributed by atoms with Crippen LogP contribution in [0.2, 0.25) is 0 Å². The van der Waals surface area contributed by atoms with Crippen molar-refractivity contribution >= 4 is 29.2 Å². The maximum absolute atomic E-state index is 13.3. The van der Waals surface area contributed by atoms with Crippen LogP contribution in [0.4, 0.5) is 5.69 Å². The highest BCUT2D eigenvalue weighted by molar-refractivity contribution is 7.99. The lowest BCUT2D eigenvalue weighted by Gasteiger charge is -2.15. The van der Waals surface area contributed by atoms with Gasteiger partial charge in [0.1, 0.15) is 0 Å². The zero-order chi connectivity index (χ0) is 22.0. The second-order valence-electron chi connectivity index (χ2n) is 6.66. The molecule has 8 nitrogen and oxygen atoms in total. The molecule has 0 amide bonds. The van der Waals surface area contributed by atoms with Gasteiger partial charge in [-0.05, 0) is 17.7 Å². The second kappa shape index (κ2) is 9.03. The molecule has 1 aliphatic heterocycles. The molecule has 10 heteroatoms. The Kier molecular flexibility index (Phi) is 6.19. The number of non-ortho nitro benzene ring substituents is 1. The smallest absolute Gasteiger partial charge is 0.272 e. The first-order valence-corrected chi connectivity index (χ1v) is 11.4. The second-order valence-corrected chi connectivity index (χ2v) is 8.71. The summed E-state index contributed by atoms with van der Waals surface area (Å²) < 4.78 is 12.3. The molecule has 0 aliphatic carbocycles. The molecule has 0 radical (unpaired) electrons. The molecule has 1 aliphatic rings. The summed E-state index contributed by atoms with van der Waals surface area (Å²) in [7, 11) is 3.09. The third-order valence-electron chi connectivity index (χ3n) is 4.78. The number of ether oxygens (including phenoxy) is 2. The lowest BCUT2D eigenvalue weighted by Crippen LogP contribution is -2.23. The molecular weight excluding hydrogens is 438 g/mol. The Hall–Kier alpha value is -2.98. The molecule has 0 fully saturated rings. The van der Waals surface area contributed by atoms with Crippen molar-refractivity contribution in [3.8, 4) is 17.2 Å². The topological polar surface area (TPSA) is 96.5 Å². The van der Waals surface area contributed by atoms with Crippen LogP contribution in [-0.4, -0.2) is 34.4 Å². The number of hydrogen-bond donors (Lipinski definition) is 0. The van der Waals surface area contributed by atoms with E-state index in [0.29, 0.717) is 33.0 Å². The number of hydrogen-bond acceptors (Lipinski definition) is 8. The summed E-state index contributed by atoms with van der Waals surface area (Å²) in [6, 6.07) is 11.7. The Labute approximate surface area is 186 Å². The number of nitro benzene ring substituents is 1. The lowest BCUT2D eigenvalue weighted by atomic mass is 10.2. The average Bonchev–Trinajstić information content (AvgIpc) is 3.26. The fourth-order valence-electron chi connectivity index (χ4n) is 3.29. The SMILES string of the molecule is COc1ccc(-n2c(SCc3cccc([N+](=O)[O-])c3)nc3c(c2=O)SCC3)cc1OC. The van der Waals surface area contributed by atoms with Crippen molar-refractivity contribution in [1.29, 1.82) is 0 Å². The van der Waals surface area contributed by atoms with Gasteiger partial charge in [0.15, 0.2) is 16.7 Å². The van der Waals surface area contributed by atoms with E-state index in [1.54, 1.807) is 43.1 Å². The van der Waals surface area contributed by atoms with Gasteiger partial charge in [-0.3, -0.25) is 19.5 Å². The van der Waals surface area contributed by atoms with Crippen LogP contribution in [0.3, 0.4) is 0 Å². The molecule has 3 aromatic rings. The normalized spacial score (nSPS) is 12.5. The van der Waals surface area contributed by atoms with Gasteiger partial charge >= 0.3 is 0 Å². The average molecular weight is 458 g/mol. The minimum Gasteiger partial charge on any atom is -0.493 e. The van der Waals surface area contributed by atoms with Crippen molar-refractivity contribution in [2.75, 3.05) is 20.0 Å². The number of methoxy groups -OCH3 is 2. The molecular formula is C21H19N3O5S2. The number of nitrogens with zero attached hydrogens (tertiary/aromatic N) is 3. The van der Waals surface area contributed by atoms with Gasteiger partial charge in [0.25, 0.3) is 11.2 Å². The molecule has 0 N–H and O–H groups in total. The Morgan fingerprint density at radius 3 is 2.74 bits per heavy atom. The fraction of sp³-hybridized carbons (Fsp3) is 0.238. The first-order chi connectivity index (χ1) is 15.0. The first kappa shape index (κ1) is 21.3. The predicted molar refractivity (Wildman–Crippen MR) is 120 cm³/mol. The van der Waals surface area contributed by atoms with E-state index in [1.807, 2.05) is 6.07 Å². The molecule has 1 aromatic heterocycles. The van der Waals surface area contributed by atoms with E-state index >= 15 is 0 Å². The van der Waals surface area contributed by atoms with Crippen LogP contribution in [0.15, 0.2) is 57.3 Å². The molecule has 0 atom stereocenters. The minimum absolute atomic E-state index is 0.0358. The molecule has 31 heavy (non-hydrogen) atoms. The zero-order valence-corrected chi connectivity index (χ0v) is 18.5. The zero-order valence-electron chi connectivity index (χ0n) is 16.9. The maximum atomic E-state index is 13.3. The highest BCUT2D eigenvalue weighted by atomic mass is 32.2. The predicted octanol–water partition coefficient (Wildman–Crippen LogP) is 4.10. The van der Waals surface area contributed by atoms with E-state index in [-0.39, 0.29) is 11.2 Å². The quantitative estimate of drug-likeness (QED) is 0.226. The van der Waals surface area contributed by atoms with E-state index in [2.05, 4.69) is 0 Å². The van der Waals surface area contributed by atoms with Crippen LogP contribution >= 0.6 is 23.5 Å². The highest BCUT2D eigenvalue weighted by Crippen LogP contribution is 2.34. The minimum atomic E-state index is -0.418. The van der Waals surface area contributed by atoms with Crippen molar-refractivity contribution in [2.24, 2.45) is 0 Å². The standard InChI is InChI=1S/C21H19N3O5S2/c1-28-17-7-6-14(11-18(17)29-2)23-20(25)19-16(8-9-30-19)22-21(23)31-12-13-4-3-5-15(10-13)24(26)27/h3-7,10-11H,8-9,12H2,1-2H3. The summed E-state index contributed by atoms with van der Waals surface area (Å²) in [5.74, 6) is 2.33. The Morgan fingerprint density at radius 2 is 2.00 bits per heavy atom. The van der Waals surface area contributed by atoms with Gasteiger partial charge in [0, 0.05) is 36.1 Å².